The van der Waals surface area contributed by atoms with Crippen LogP contribution >= 0.6 is 0 Å². The number of likely N-dealkylation sites (tertiary alicyclic amines) is 1. The number of piperidine rings is 1. The van der Waals surface area contributed by atoms with Crippen molar-refractivity contribution >= 4 is 28.8 Å². The number of ether oxygens (including phenoxy) is 1. The van der Waals surface area contributed by atoms with Gasteiger partial charge in [-0.3, -0.25) is 4.98 Å². The molecule has 4 N–H and O–H groups in total. The molecule has 0 radical (unpaired) electrons. The zero-order chi connectivity index (χ0) is 21.6. The molecule has 1 aliphatic heterocycles. The summed E-state index contributed by atoms with van der Waals surface area (Å²) in [6.07, 6.45) is 5.00. The number of aromatic nitrogens is 1. The van der Waals surface area contributed by atoms with Gasteiger partial charge in [0.1, 0.15) is 11.4 Å². The molecule has 8 heteroatoms. The number of amides is 1. The Labute approximate surface area is 180 Å². The minimum atomic E-state index is -0.386. The average Bonchev–Trinajstić information content (AvgIpc) is 2.80. The molecular weight excluding hydrogens is 392 g/mol. The minimum Gasteiger partial charge on any atom is -0.408 e. The minimum absolute atomic E-state index is 0.349. The van der Waals surface area contributed by atoms with E-state index in [1.165, 1.54) is 5.56 Å². The lowest BCUT2D eigenvalue weighted by atomic mass is 9.90. The zero-order valence-corrected chi connectivity index (χ0v) is 17.0. The molecule has 2 heterocycles. The van der Waals surface area contributed by atoms with Crippen LogP contribution in [0.5, 0.6) is 5.75 Å². The van der Waals surface area contributed by atoms with Gasteiger partial charge in [-0.25, -0.2) is 4.79 Å². The molecule has 0 saturated carbocycles. The van der Waals surface area contributed by atoms with Crippen molar-refractivity contribution in [2.45, 2.75) is 18.8 Å². The van der Waals surface area contributed by atoms with E-state index >= 15 is 0 Å². The van der Waals surface area contributed by atoms with Crippen molar-refractivity contribution in [3.05, 3.63) is 72.6 Å². The number of anilines is 2. The van der Waals surface area contributed by atoms with Crippen LogP contribution in [0.2, 0.25) is 0 Å². The van der Waals surface area contributed by atoms with Crippen molar-refractivity contribution in [3.63, 3.8) is 0 Å². The number of hydrogen-bond donors (Lipinski definition) is 2. The third-order valence-electron chi connectivity index (χ3n) is 5.31. The van der Waals surface area contributed by atoms with Crippen molar-refractivity contribution in [2.24, 2.45) is 10.2 Å². The van der Waals surface area contributed by atoms with E-state index in [2.05, 4.69) is 15.2 Å². The maximum absolute atomic E-state index is 12.7. The van der Waals surface area contributed by atoms with Crippen LogP contribution in [-0.2, 0) is 0 Å². The molecule has 0 bridgehead atoms. The lowest BCUT2D eigenvalue weighted by Crippen LogP contribution is -2.39. The summed E-state index contributed by atoms with van der Waals surface area (Å²) in [5.41, 5.74) is 14.8. The van der Waals surface area contributed by atoms with Gasteiger partial charge in [0.15, 0.2) is 5.75 Å². The van der Waals surface area contributed by atoms with Gasteiger partial charge in [0.05, 0.1) is 5.69 Å². The summed E-state index contributed by atoms with van der Waals surface area (Å²) < 4.78 is 5.64. The number of pyridine rings is 1. The molecule has 2 aromatic carbocycles. The van der Waals surface area contributed by atoms with Crippen LogP contribution in [0.4, 0.5) is 27.5 Å². The fraction of sp³-hybridized carbons (Fsp3) is 0.217. The molecule has 3 aromatic rings. The van der Waals surface area contributed by atoms with E-state index in [0.717, 1.165) is 12.8 Å². The van der Waals surface area contributed by atoms with Crippen molar-refractivity contribution in [3.8, 4) is 5.75 Å². The van der Waals surface area contributed by atoms with Gasteiger partial charge in [-0.05, 0) is 66.8 Å². The van der Waals surface area contributed by atoms with E-state index in [0.29, 0.717) is 47.5 Å². The highest BCUT2D eigenvalue weighted by atomic mass is 16.6. The summed E-state index contributed by atoms with van der Waals surface area (Å²) in [7, 11) is 0. The van der Waals surface area contributed by atoms with E-state index in [9.17, 15) is 4.79 Å². The second-order valence-corrected chi connectivity index (χ2v) is 7.40. The summed E-state index contributed by atoms with van der Waals surface area (Å²) >= 11 is 0. The molecule has 31 heavy (non-hydrogen) atoms. The van der Waals surface area contributed by atoms with Gasteiger partial charge in [-0.1, -0.05) is 12.1 Å². The number of nitrogens with two attached hydrogens (primary N) is 2. The fourth-order valence-electron chi connectivity index (χ4n) is 3.59. The van der Waals surface area contributed by atoms with Gasteiger partial charge in [0.25, 0.3) is 0 Å². The van der Waals surface area contributed by atoms with E-state index in [1.54, 1.807) is 59.8 Å². The molecule has 1 aromatic heterocycles. The number of azo groups is 1. The zero-order valence-electron chi connectivity index (χ0n) is 17.0. The number of nitrogens with zero attached hydrogens (tertiary/aromatic N) is 4. The standard InChI is InChI=1S/C23H24N6O2/c24-18-5-6-20(19(25)15-18)27-28-21-3-1-2-4-22(21)31-23(30)29-13-9-17(10-14-29)16-7-11-26-12-8-16/h1-8,11-12,15,17H,9-10,13-14,24-25H2. The van der Waals surface area contributed by atoms with E-state index in [-0.39, 0.29) is 6.09 Å². The third kappa shape index (κ3) is 4.98. The highest BCUT2D eigenvalue weighted by molar-refractivity contribution is 5.73. The quantitative estimate of drug-likeness (QED) is 0.456. The molecule has 0 unspecified atom stereocenters. The molecule has 0 atom stereocenters. The van der Waals surface area contributed by atoms with Crippen LogP contribution in [0, 0.1) is 0 Å². The van der Waals surface area contributed by atoms with Crippen LogP contribution in [0.25, 0.3) is 0 Å². The van der Waals surface area contributed by atoms with Gasteiger partial charge >= 0.3 is 6.09 Å². The van der Waals surface area contributed by atoms with Crippen molar-refractivity contribution in [1.29, 1.82) is 0 Å². The maximum atomic E-state index is 12.7. The van der Waals surface area contributed by atoms with Gasteiger partial charge in [-0.2, -0.15) is 0 Å². The van der Waals surface area contributed by atoms with Crippen LogP contribution in [0.1, 0.15) is 24.3 Å². The molecular formula is C23H24N6O2. The summed E-state index contributed by atoms with van der Waals surface area (Å²) in [5, 5.41) is 8.39. The van der Waals surface area contributed by atoms with Crippen LogP contribution in [-0.4, -0.2) is 29.1 Å². The highest BCUT2D eigenvalue weighted by Gasteiger charge is 2.25. The number of carbonyl (C=O) groups excluding carboxylic acids is 1. The second kappa shape index (κ2) is 9.25. The van der Waals surface area contributed by atoms with E-state index in [4.69, 9.17) is 16.2 Å². The second-order valence-electron chi connectivity index (χ2n) is 7.40. The normalized spacial score (nSPS) is 14.6. The molecule has 1 aliphatic rings. The summed E-state index contributed by atoms with van der Waals surface area (Å²) in [6.45, 7) is 1.27. The Morgan fingerprint density at radius 1 is 0.968 bits per heavy atom. The Kier molecular flexibility index (Phi) is 6.07. The summed E-state index contributed by atoms with van der Waals surface area (Å²) in [5.74, 6) is 0.778. The molecule has 0 aliphatic carbocycles. The van der Waals surface area contributed by atoms with Gasteiger partial charge < -0.3 is 21.1 Å². The average molecular weight is 416 g/mol. The first kappa shape index (κ1) is 20.3. The number of nitrogen functional groups attached to an aromatic ring is 2. The molecule has 158 valence electrons. The lowest BCUT2D eigenvalue weighted by Gasteiger charge is -2.31. The van der Waals surface area contributed by atoms with Crippen LogP contribution in [0.3, 0.4) is 0 Å². The first-order valence-electron chi connectivity index (χ1n) is 10.1. The topological polar surface area (TPSA) is 119 Å². The summed E-state index contributed by atoms with van der Waals surface area (Å²) in [4.78, 5) is 18.5. The molecule has 1 fully saturated rings. The number of benzene rings is 2. The predicted molar refractivity (Wildman–Crippen MR) is 120 cm³/mol. The molecule has 0 spiro atoms. The van der Waals surface area contributed by atoms with Crippen LogP contribution in [0.15, 0.2) is 77.2 Å². The number of carbonyl (C=O) groups is 1. The number of rotatable bonds is 4. The Hall–Kier alpha value is -3.94. The Morgan fingerprint density at radius 2 is 1.68 bits per heavy atom. The smallest absolute Gasteiger partial charge is 0.408 e. The molecule has 1 saturated heterocycles. The van der Waals surface area contributed by atoms with Crippen LogP contribution < -0.4 is 16.2 Å². The largest absolute Gasteiger partial charge is 0.415 e. The summed E-state index contributed by atoms with van der Waals surface area (Å²) in [6, 6.07) is 16.1. The van der Waals surface area contributed by atoms with E-state index < -0.39 is 0 Å². The molecule has 1 amide bonds. The SMILES string of the molecule is Nc1ccc(N=Nc2ccccc2OC(=O)N2CCC(c3ccncc3)CC2)c(N)c1. The lowest BCUT2D eigenvalue weighted by molar-refractivity contribution is 0.139. The molecule has 8 nitrogen and oxygen atoms in total. The van der Waals surface area contributed by atoms with Gasteiger partial charge in [0.2, 0.25) is 0 Å². The monoisotopic (exact) mass is 416 g/mol. The Morgan fingerprint density at radius 3 is 2.42 bits per heavy atom. The third-order valence-corrected chi connectivity index (χ3v) is 5.31. The van der Waals surface area contributed by atoms with Crippen molar-refractivity contribution in [2.75, 3.05) is 24.6 Å². The van der Waals surface area contributed by atoms with Gasteiger partial charge in [0, 0.05) is 31.2 Å². The maximum Gasteiger partial charge on any atom is 0.415 e. The number of para-hydroxylation sites is 1. The first-order chi connectivity index (χ1) is 15.1. The Bertz CT molecular complexity index is 1080. The highest BCUT2D eigenvalue weighted by Crippen LogP contribution is 2.32. The van der Waals surface area contributed by atoms with Gasteiger partial charge in [-0.15, -0.1) is 10.2 Å². The molecule has 4 rings (SSSR count). The van der Waals surface area contributed by atoms with E-state index in [1.807, 2.05) is 12.1 Å². The number of hydrogen-bond acceptors (Lipinski definition) is 7. The first-order valence-corrected chi connectivity index (χ1v) is 10.1. The van der Waals surface area contributed by atoms with Crippen molar-refractivity contribution < 1.29 is 9.53 Å². The fourth-order valence-corrected chi connectivity index (χ4v) is 3.59. The predicted octanol–water partition coefficient (Wildman–Crippen LogP) is 5.04. The van der Waals surface area contributed by atoms with Crippen molar-refractivity contribution in [1.82, 2.24) is 9.88 Å². The Balaban J connectivity index is 1.41.